The van der Waals surface area contributed by atoms with E-state index in [0.29, 0.717) is 49.2 Å². The van der Waals surface area contributed by atoms with E-state index in [1.54, 1.807) is 12.1 Å². The van der Waals surface area contributed by atoms with E-state index in [1.807, 2.05) is 85.9 Å². The molecule has 2 aliphatic rings. The Labute approximate surface area is 275 Å². The summed E-state index contributed by atoms with van der Waals surface area (Å²) in [6.07, 6.45) is 5.87. The van der Waals surface area contributed by atoms with Crippen molar-refractivity contribution in [3.8, 4) is 0 Å². The van der Waals surface area contributed by atoms with Crippen LogP contribution in [0.4, 0.5) is 5.69 Å². The SMILES string of the molecule is CN(C)CC1Cc2cc(Cl)ccc2N(C(=O)[C@@H](Cc2c[nH]c3ccccc23)NC(=O)C2CCC(NC(=O)c3ccccc3)CC2)C1. The Morgan fingerprint density at radius 3 is 2.48 bits per heavy atom. The van der Waals surface area contributed by atoms with Crippen molar-refractivity contribution < 1.29 is 14.4 Å². The molecule has 0 radical (unpaired) electrons. The lowest BCUT2D eigenvalue weighted by Gasteiger charge is -2.38. The number of para-hydroxylation sites is 1. The molecule has 1 fully saturated rings. The highest BCUT2D eigenvalue weighted by Gasteiger charge is 2.36. The Kier molecular flexibility index (Phi) is 9.75. The molecule has 1 aliphatic carbocycles. The van der Waals surface area contributed by atoms with E-state index < -0.39 is 6.04 Å². The summed E-state index contributed by atoms with van der Waals surface area (Å²) >= 11 is 6.40. The predicted molar refractivity (Wildman–Crippen MR) is 183 cm³/mol. The minimum absolute atomic E-state index is 0.0192. The number of fused-ring (bicyclic) bond motifs is 2. The van der Waals surface area contributed by atoms with Gasteiger partial charge in [-0.25, -0.2) is 0 Å². The Morgan fingerprint density at radius 2 is 1.72 bits per heavy atom. The van der Waals surface area contributed by atoms with Crippen LogP contribution in [0.2, 0.25) is 5.02 Å². The predicted octanol–water partition coefficient (Wildman–Crippen LogP) is 5.60. The molecule has 2 heterocycles. The number of aromatic amines is 1. The molecule has 2 atom stereocenters. The van der Waals surface area contributed by atoms with Crippen molar-refractivity contribution in [2.24, 2.45) is 11.8 Å². The fourth-order valence-electron chi connectivity index (χ4n) is 7.12. The summed E-state index contributed by atoms with van der Waals surface area (Å²) in [5.41, 5.74) is 4.52. The van der Waals surface area contributed by atoms with Gasteiger partial charge in [0.15, 0.2) is 0 Å². The molecule has 46 heavy (non-hydrogen) atoms. The number of rotatable bonds is 9. The number of nitrogens with zero attached hydrogens (tertiary/aromatic N) is 2. The molecule has 1 saturated carbocycles. The number of nitrogens with one attached hydrogen (secondary N) is 3. The molecule has 240 valence electrons. The lowest BCUT2D eigenvalue weighted by molar-refractivity contribution is -0.130. The summed E-state index contributed by atoms with van der Waals surface area (Å²) in [5, 5.41) is 8.02. The zero-order valence-electron chi connectivity index (χ0n) is 26.5. The fourth-order valence-corrected chi connectivity index (χ4v) is 7.31. The van der Waals surface area contributed by atoms with Gasteiger partial charge in [-0.05, 0) is 99.6 Å². The van der Waals surface area contributed by atoms with E-state index in [0.717, 1.165) is 40.7 Å². The van der Waals surface area contributed by atoms with Crippen LogP contribution in [-0.4, -0.2) is 66.9 Å². The van der Waals surface area contributed by atoms with E-state index in [1.165, 1.54) is 0 Å². The van der Waals surface area contributed by atoms with Crippen LogP contribution in [-0.2, 0) is 22.4 Å². The first kappa shape index (κ1) is 31.8. The molecule has 0 spiro atoms. The summed E-state index contributed by atoms with van der Waals surface area (Å²) in [6.45, 7) is 1.40. The smallest absolute Gasteiger partial charge is 0.251 e. The molecule has 0 saturated heterocycles. The molecule has 9 heteroatoms. The molecule has 1 aliphatic heterocycles. The van der Waals surface area contributed by atoms with Gasteiger partial charge >= 0.3 is 0 Å². The number of benzene rings is 3. The van der Waals surface area contributed by atoms with Gasteiger partial charge in [-0.2, -0.15) is 0 Å². The third-order valence-electron chi connectivity index (χ3n) is 9.35. The Bertz CT molecular complexity index is 1700. The molecule has 3 amide bonds. The molecule has 3 N–H and O–H groups in total. The first-order valence-corrected chi connectivity index (χ1v) is 16.6. The van der Waals surface area contributed by atoms with Crippen LogP contribution in [0.3, 0.4) is 0 Å². The molecule has 4 aromatic rings. The zero-order chi connectivity index (χ0) is 32.2. The normalized spacial score (nSPS) is 20.3. The number of carbonyl (C=O) groups excluding carboxylic acids is 3. The third kappa shape index (κ3) is 7.29. The number of hydrogen-bond donors (Lipinski definition) is 3. The van der Waals surface area contributed by atoms with Crippen LogP contribution in [0, 0.1) is 11.8 Å². The minimum Gasteiger partial charge on any atom is -0.361 e. The molecule has 1 unspecified atom stereocenters. The van der Waals surface area contributed by atoms with Gasteiger partial charge in [0.2, 0.25) is 11.8 Å². The Hall–Kier alpha value is -4.14. The summed E-state index contributed by atoms with van der Waals surface area (Å²) in [7, 11) is 4.09. The van der Waals surface area contributed by atoms with Crippen molar-refractivity contribution in [1.29, 1.82) is 0 Å². The second kappa shape index (κ2) is 14.1. The second-order valence-electron chi connectivity index (χ2n) is 13.1. The lowest BCUT2D eigenvalue weighted by Crippen LogP contribution is -2.54. The molecule has 8 nitrogen and oxygen atoms in total. The second-order valence-corrected chi connectivity index (χ2v) is 13.5. The quantitative estimate of drug-likeness (QED) is 0.222. The molecular formula is C37H42ClN5O3. The highest BCUT2D eigenvalue weighted by Crippen LogP contribution is 2.33. The van der Waals surface area contributed by atoms with Gasteiger partial charge in [0.25, 0.3) is 5.91 Å². The largest absolute Gasteiger partial charge is 0.361 e. The number of aromatic nitrogens is 1. The summed E-state index contributed by atoms with van der Waals surface area (Å²) in [6, 6.07) is 22.2. The van der Waals surface area contributed by atoms with Crippen molar-refractivity contribution in [1.82, 2.24) is 20.5 Å². The summed E-state index contributed by atoms with van der Waals surface area (Å²) < 4.78 is 0. The van der Waals surface area contributed by atoms with E-state index in [4.69, 9.17) is 11.6 Å². The van der Waals surface area contributed by atoms with Crippen LogP contribution in [0.5, 0.6) is 0 Å². The molecule has 3 aromatic carbocycles. The number of carbonyl (C=O) groups is 3. The Morgan fingerprint density at radius 1 is 0.978 bits per heavy atom. The van der Waals surface area contributed by atoms with Gasteiger partial charge in [-0.3, -0.25) is 14.4 Å². The van der Waals surface area contributed by atoms with E-state index in [2.05, 4.69) is 20.5 Å². The molecule has 0 bridgehead atoms. The van der Waals surface area contributed by atoms with Gasteiger partial charge in [-0.1, -0.05) is 48.0 Å². The maximum atomic E-state index is 14.6. The van der Waals surface area contributed by atoms with Crippen molar-refractivity contribution in [3.63, 3.8) is 0 Å². The van der Waals surface area contributed by atoms with Crippen LogP contribution < -0.4 is 15.5 Å². The number of anilines is 1. The van der Waals surface area contributed by atoms with Crippen molar-refractivity contribution in [2.75, 3.05) is 32.1 Å². The molecule has 6 rings (SSSR count). The number of hydrogen-bond acceptors (Lipinski definition) is 4. The number of amides is 3. The number of halogens is 1. The maximum absolute atomic E-state index is 14.6. The minimum atomic E-state index is -0.746. The monoisotopic (exact) mass is 639 g/mol. The van der Waals surface area contributed by atoms with Crippen LogP contribution >= 0.6 is 11.6 Å². The first-order chi connectivity index (χ1) is 22.2. The van der Waals surface area contributed by atoms with Gasteiger partial charge in [0.1, 0.15) is 6.04 Å². The standard InChI is InChI=1S/C37H42ClN5O3/c1-42(2)22-24-18-27-19-29(38)14-17-34(27)43(23-24)37(46)33(20-28-21-39-32-11-7-6-10-31(28)32)41-36(45)26-12-15-30(16-13-26)40-35(44)25-8-4-3-5-9-25/h3-11,14,17,19,21,24,26,30,33,39H,12-13,15-16,18,20,22-23H2,1-2H3,(H,40,44)(H,41,45)/t24?,26?,30?,33-/m1/s1. The first-order valence-electron chi connectivity index (χ1n) is 16.2. The van der Waals surface area contributed by atoms with Crippen LogP contribution in [0.1, 0.15) is 47.2 Å². The zero-order valence-corrected chi connectivity index (χ0v) is 27.2. The average molecular weight is 640 g/mol. The van der Waals surface area contributed by atoms with Crippen molar-refractivity contribution in [3.05, 3.63) is 101 Å². The van der Waals surface area contributed by atoms with Crippen molar-refractivity contribution >= 4 is 45.9 Å². The topological polar surface area (TPSA) is 97.5 Å². The van der Waals surface area contributed by atoms with Gasteiger partial charge < -0.3 is 25.4 Å². The van der Waals surface area contributed by atoms with E-state index >= 15 is 0 Å². The third-order valence-corrected chi connectivity index (χ3v) is 9.59. The van der Waals surface area contributed by atoms with E-state index in [-0.39, 0.29) is 35.6 Å². The summed E-state index contributed by atoms with van der Waals surface area (Å²) in [4.78, 5) is 48.4. The highest BCUT2D eigenvalue weighted by molar-refractivity contribution is 6.30. The average Bonchev–Trinajstić information content (AvgIpc) is 3.46. The highest BCUT2D eigenvalue weighted by atomic mass is 35.5. The summed E-state index contributed by atoms with van der Waals surface area (Å²) in [5.74, 6) is -0.306. The number of H-pyrrole nitrogens is 1. The maximum Gasteiger partial charge on any atom is 0.251 e. The Balaban J connectivity index is 1.20. The lowest BCUT2D eigenvalue weighted by atomic mass is 9.85. The molecule has 1 aromatic heterocycles. The van der Waals surface area contributed by atoms with Gasteiger partial charge in [0.05, 0.1) is 0 Å². The van der Waals surface area contributed by atoms with Gasteiger partial charge in [-0.15, -0.1) is 0 Å². The van der Waals surface area contributed by atoms with Crippen molar-refractivity contribution in [2.45, 2.75) is 50.6 Å². The van der Waals surface area contributed by atoms with E-state index in [9.17, 15) is 14.4 Å². The van der Waals surface area contributed by atoms with Crippen LogP contribution in [0.15, 0.2) is 79.0 Å². The van der Waals surface area contributed by atoms with Gasteiger partial charge in [0, 0.05) is 64.8 Å². The van der Waals surface area contributed by atoms with Crippen LogP contribution in [0.25, 0.3) is 10.9 Å². The fraction of sp³-hybridized carbons (Fsp3) is 0.378. The molecular weight excluding hydrogens is 598 g/mol.